The van der Waals surface area contributed by atoms with Crippen molar-refractivity contribution in [3.63, 3.8) is 0 Å². The molecule has 9 nitrogen and oxygen atoms in total. The number of rotatable bonds is 6. The Kier molecular flexibility index (Phi) is 5.58. The highest BCUT2D eigenvalue weighted by molar-refractivity contribution is 5.84. The van der Waals surface area contributed by atoms with Crippen LogP contribution in [0.4, 0.5) is 17.2 Å². The molecule has 0 spiro atoms. The van der Waals surface area contributed by atoms with Gasteiger partial charge in [0.15, 0.2) is 11.5 Å². The van der Waals surface area contributed by atoms with Gasteiger partial charge in [0, 0.05) is 54.0 Å². The first-order chi connectivity index (χ1) is 17.4. The summed E-state index contributed by atoms with van der Waals surface area (Å²) in [6.45, 7) is 7.31. The molecule has 0 amide bonds. The second kappa shape index (κ2) is 8.92. The molecule has 2 aromatic carbocycles. The molecule has 0 saturated carbocycles. The van der Waals surface area contributed by atoms with Crippen LogP contribution in [0.3, 0.4) is 0 Å². The number of hydrogen-bond donors (Lipinski definition) is 2. The summed E-state index contributed by atoms with van der Waals surface area (Å²) in [5.74, 6) is 0.682. The number of nitrogens with zero attached hydrogens (tertiary/aromatic N) is 6. The average Bonchev–Trinajstić information content (AvgIpc) is 3.51. The molecule has 1 saturated heterocycles. The summed E-state index contributed by atoms with van der Waals surface area (Å²) in [7, 11) is 0. The molecule has 1 fully saturated rings. The maximum atomic E-state index is 10.3. The molecule has 0 atom stereocenters. The van der Waals surface area contributed by atoms with Gasteiger partial charge in [0.05, 0.1) is 42.8 Å². The lowest BCUT2D eigenvalue weighted by Crippen LogP contribution is -2.36. The molecule has 5 aromatic rings. The number of anilines is 3. The Labute approximate surface area is 209 Å². The predicted octanol–water partition coefficient (Wildman–Crippen LogP) is 4.10. The molecule has 1 aliphatic rings. The van der Waals surface area contributed by atoms with Crippen molar-refractivity contribution in [2.24, 2.45) is 0 Å². The molecule has 184 valence electrons. The number of nitrogens with one attached hydrogen (secondary N) is 1. The van der Waals surface area contributed by atoms with Crippen molar-refractivity contribution in [1.82, 2.24) is 24.1 Å². The SMILES string of the molecule is CC(C)(O)Cn1ncc2ccc(-c3cn4ccnc4c(Nc4ccc(N5CCOCC5)cc4)n3)cc21. The molecule has 9 heteroatoms. The van der Waals surface area contributed by atoms with E-state index in [2.05, 4.69) is 50.6 Å². The van der Waals surface area contributed by atoms with E-state index in [1.807, 2.05) is 39.8 Å². The number of fused-ring (bicyclic) bond motifs is 2. The van der Waals surface area contributed by atoms with Gasteiger partial charge in [-0.25, -0.2) is 9.97 Å². The smallest absolute Gasteiger partial charge is 0.180 e. The first-order valence-electron chi connectivity index (χ1n) is 12.1. The molecule has 4 heterocycles. The zero-order chi connectivity index (χ0) is 24.7. The van der Waals surface area contributed by atoms with Crippen LogP contribution in [0, 0.1) is 0 Å². The number of aliphatic hydroxyl groups is 1. The van der Waals surface area contributed by atoms with E-state index < -0.39 is 5.60 Å². The minimum Gasteiger partial charge on any atom is -0.389 e. The van der Waals surface area contributed by atoms with Gasteiger partial charge in [0.25, 0.3) is 0 Å². The van der Waals surface area contributed by atoms with E-state index in [-0.39, 0.29) is 0 Å². The molecule has 0 aliphatic carbocycles. The van der Waals surface area contributed by atoms with Crippen molar-refractivity contribution in [2.75, 3.05) is 36.5 Å². The van der Waals surface area contributed by atoms with E-state index in [0.717, 1.165) is 59.8 Å². The summed E-state index contributed by atoms with van der Waals surface area (Å²) in [6, 6.07) is 14.5. The Morgan fingerprint density at radius 3 is 2.67 bits per heavy atom. The topological polar surface area (TPSA) is 92.7 Å². The minimum absolute atomic E-state index is 0.404. The third-order valence-electron chi connectivity index (χ3n) is 6.36. The van der Waals surface area contributed by atoms with Gasteiger partial charge in [0.1, 0.15) is 0 Å². The number of benzene rings is 2. The van der Waals surface area contributed by atoms with E-state index in [1.165, 1.54) is 5.69 Å². The van der Waals surface area contributed by atoms with Gasteiger partial charge >= 0.3 is 0 Å². The van der Waals surface area contributed by atoms with Crippen LogP contribution in [-0.2, 0) is 11.3 Å². The van der Waals surface area contributed by atoms with Crippen LogP contribution in [-0.4, -0.2) is 61.2 Å². The summed E-state index contributed by atoms with van der Waals surface area (Å²) >= 11 is 0. The largest absolute Gasteiger partial charge is 0.389 e. The van der Waals surface area contributed by atoms with Gasteiger partial charge in [-0.2, -0.15) is 5.10 Å². The molecule has 1 aliphatic heterocycles. The average molecular weight is 484 g/mol. The quantitative estimate of drug-likeness (QED) is 0.376. The standard InChI is InChI=1S/C27H29N7O2/c1-27(2,35)18-34-24-15-19(3-4-20(24)16-29-34)23-17-33-10-9-28-26(33)25(31-23)30-21-5-7-22(8-6-21)32-11-13-36-14-12-32/h3-10,15-17,35H,11-14,18H2,1-2H3,(H,30,31). The zero-order valence-corrected chi connectivity index (χ0v) is 20.4. The van der Waals surface area contributed by atoms with Crippen molar-refractivity contribution >= 4 is 33.7 Å². The summed E-state index contributed by atoms with van der Waals surface area (Å²) < 4.78 is 9.28. The molecule has 0 radical (unpaired) electrons. The van der Waals surface area contributed by atoms with Gasteiger partial charge in [-0.05, 0) is 44.2 Å². The fourth-order valence-electron chi connectivity index (χ4n) is 4.59. The van der Waals surface area contributed by atoms with E-state index in [1.54, 1.807) is 20.0 Å². The Balaban J connectivity index is 1.33. The lowest BCUT2D eigenvalue weighted by atomic mass is 10.1. The summed E-state index contributed by atoms with van der Waals surface area (Å²) in [6.07, 6.45) is 7.50. The zero-order valence-electron chi connectivity index (χ0n) is 20.4. The maximum Gasteiger partial charge on any atom is 0.180 e. The van der Waals surface area contributed by atoms with Crippen molar-refractivity contribution in [3.8, 4) is 11.3 Å². The lowest BCUT2D eigenvalue weighted by Gasteiger charge is -2.28. The number of ether oxygens (including phenoxy) is 1. The van der Waals surface area contributed by atoms with Crippen LogP contribution >= 0.6 is 0 Å². The monoisotopic (exact) mass is 483 g/mol. The Hall–Kier alpha value is -3.95. The van der Waals surface area contributed by atoms with Crippen LogP contribution in [0.2, 0.25) is 0 Å². The Morgan fingerprint density at radius 1 is 1.08 bits per heavy atom. The van der Waals surface area contributed by atoms with Crippen LogP contribution < -0.4 is 10.2 Å². The van der Waals surface area contributed by atoms with Crippen LogP contribution in [0.1, 0.15) is 13.8 Å². The molecular weight excluding hydrogens is 454 g/mol. The Bertz CT molecular complexity index is 1510. The number of imidazole rings is 1. The Morgan fingerprint density at radius 2 is 1.89 bits per heavy atom. The molecular formula is C27H29N7O2. The van der Waals surface area contributed by atoms with Gasteiger partial charge in [-0.1, -0.05) is 12.1 Å². The fourth-order valence-corrected chi connectivity index (χ4v) is 4.59. The molecule has 2 N–H and O–H groups in total. The third kappa shape index (κ3) is 4.50. The van der Waals surface area contributed by atoms with Gasteiger partial charge in [-0.15, -0.1) is 0 Å². The minimum atomic E-state index is -0.864. The fraction of sp³-hybridized carbons (Fsp3) is 0.296. The van der Waals surface area contributed by atoms with Crippen LogP contribution in [0.25, 0.3) is 27.8 Å². The van der Waals surface area contributed by atoms with Gasteiger partial charge in [-0.3, -0.25) is 4.68 Å². The summed E-state index contributed by atoms with van der Waals surface area (Å²) in [5.41, 5.74) is 4.75. The van der Waals surface area contributed by atoms with Gasteiger partial charge < -0.3 is 24.5 Å². The second-order valence-electron chi connectivity index (χ2n) is 9.79. The number of morpholine rings is 1. The molecule has 0 unspecified atom stereocenters. The highest BCUT2D eigenvalue weighted by atomic mass is 16.5. The first kappa shape index (κ1) is 22.5. The van der Waals surface area contributed by atoms with Crippen molar-refractivity contribution in [3.05, 3.63) is 67.3 Å². The van der Waals surface area contributed by atoms with Crippen LogP contribution in [0.15, 0.2) is 67.3 Å². The highest BCUT2D eigenvalue weighted by Crippen LogP contribution is 2.28. The molecule has 36 heavy (non-hydrogen) atoms. The molecule has 0 bridgehead atoms. The van der Waals surface area contributed by atoms with E-state index in [0.29, 0.717) is 12.4 Å². The number of hydrogen-bond acceptors (Lipinski definition) is 7. The van der Waals surface area contributed by atoms with Crippen molar-refractivity contribution < 1.29 is 9.84 Å². The van der Waals surface area contributed by atoms with Gasteiger partial charge in [0.2, 0.25) is 0 Å². The maximum absolute atomic E-state index is 10.3. The summed E-state index contributed by atoms with van der Waals surface area (Å²) in [5, 5.41) is 19.2. The number of aromatic nitrogens is 5. The predicted molar refractivity (Wildman–Crippen MR) is 141 cm³/mol. The molecule has 6 rings (SSSR count). The van der Waals surface area contributed by atoms with E-state index in [4.69, 9.17) is 9.72 Å². The van der Waals surface area contributed by atoms with Crippen molar-refractivity contribution in [2.45, 2.75) is 26.0 Å². The van der Waals surface area contributed by atoms with E-state index >= 15 is 0 Å². The second-order valence-corrected chi connectivity index (χ2v) is 9.79. The third-order valence-corrected chi connectivity index (χ3v) is 6.36. The van der Waals surface area contributed by atoms with Crippen molar-refractivity contribution in [1.29, 1.82) is 0 Å². The summed E-state index contributed by atoms with van der Waals surface area (Å²) in [4.78, 5) is 11.8. The highest BCUT2D eigenvalue weighted by Gasteiger charge is 2.17. The normalized spacial score (nSPS) is 14.6. The van der Waals surface area contributed by atoms with Crippen LogP contribution in [0.5, 0.6) is 0 Å². The lowest BCUT2D eigenvalue weighted by molar-refractivity contribution is 0.0591. The first-order valence-corrected chi connectivity index (χ1v) is 12.1. The molecule has 3 aromatic heterocycles. The van der Waals surface area contributed by atoms with E-state index in [9.17, 15) is 5.11 Å².